The van der Waals surface area contributed by atoms with Crippen LogP contribution in [0.5, 0.6) is 0 Å². The third kappa shape index (κ3) is 3.61. The molecule has 3 nitrogen and oxygen atoms in total. The molecule has 96 valence electrons. The average molecular weight is 254 g/mol. The van der Waals surface area contributed by atoms with E-state index in [-0.39, 0.29) is 0 Å². The number of thioether (sulfide) groups is 1. The summed E-state index contributed by atoms with van der Waals surface area (Å²) in [5, 5.41) is 9.77. The Bertz CT molecular complexity index is 344. The molecule has 1 aromatic rings. The highest BCUT2D eigenvalue weighted by Crippen LogP contribution is 2.25. The number of anilines is 1. The fourth-order valence-corrected chi connectivity index (χ4v) is 2.74. The van der Waals surface area contributed by atoms with E-state index in [0.29, 0.717) is 6.04 Å². The maximum Gasteiger partial charge on any atom is 0.134 e. The Kier molecular flexibility index (Phi) is 5.78. The van der Waals surface area contributed by atoms with Crippen molar-refractivity contribution in [3.8, 4) is 0 Å². The van der Waals surface area contributed by atoms with Crippen molar-refractivity contribution < 1.29 is 5.11 Å². The van der Waals surface area contributed by atoms with E-state index < -0.39 is 6.10 Å². The van der Waals surface area contributed by atoms with Crippen molar-refractivity contribution in [1.82, 2.24) is 4.98 Å². The number of aliphatic hydroxyl groups is 1. The molecule has 0 aliphatic carbocycles. The lowest BCUT2D eigenvalue weighted by Gasteiger charge is -2.30. The van der Waals surface area contributed by atoms with Crippen LogP contribution in [0.3, 0.4) is 0 Å². The molecule has 0 radical (unpaired) electrons. The van der Waals surface area contributed by atoms with Crippen molar-refractivity contribution in [2.24, 2.45) is 0 Å². The molecule has 2 atom stereocenters. The summed E-state index contributed by atoms with van der Waals surface area (Å²) in [4.78, 5) is 6.59. The van der Waals surface area contributed by atoms with Crippen molar-refractivity contribution >= 4 is 17.6 Å². The monoisotopic (exact) mass is 254 g/mol. The third-order valence-corrected chi connectivity index (χ3v) is 3.70. The Hall–Kier alpha value is -0.740. The minimum atomic E-state index is -0.479. The van der Waals surface area contributed by atoms with E-state index in [9.17, 15) is 5.11 Å². The van der Waals surface area contributed by atoms with E-state index in [2.05, 4.69) is 30.1 Å². The second-order valence-electron chi connectivity index (χ2n) is 4.22. The standard InChI is InChI=1S/C13H22N2OS/c1-5-11(9-17-4)15(3)13-12(10(2)16)7-6-8-14-13/h6-8,10-11,16H,5,9H2,1-4H3/t10-,11?/m1/s1. The van der Waals surface area contributed by atoms with E-state index in [1.807, 2.05) is 23.9 Å². The highest BCUT2D eigenvalue weighted by atomic mass is 32.2. The van der Waals surface area contributed by atoms with Gasteiger partial charge < -0.3 is 10.0 Å². The first-order valence-corrected chi connectivity index (χ1v) is 7.35. The number of nitrogens with zero attached hydrogens (tertiary/aromatic N) is 2. The van der Waals surface area contributed by atoms with E-state index in [1.165, 1.54) is 0 Å². The molecule has 17 heavy (non-hydrogen) atoms. The van der Waals surface area contributed by atoms with Crippen LogP contribution >= 0.6 is 11.8 Å². The highest BCUT2D eigenvalue weighted by molar-refractivity contribution is 7.98. The van der Waals surface area contributed by atoms with Crippen LogP contribution in [0, 0.1) is 0 Å². The Morgan fingerprint density at radius 2 is 2.24 bits per heavy atom. The summed E-state index contributed by atoms with van der Waals surface area (Å²) in [6.45, 7) is 3.96. The van der Waals surface area contributed by atoms with Crippen LogP contribution in [-0.4, -0.2) is 35.2 Å². The van der Waals surface area contributed by atoms with Gasteiger partial charge in [-0.2, -0.15) is 11.8 Å². The van der Waals surface area contributed by atoms with Crippen LogP contribution in [0.2, 0.25) is 0 Å². The lowest BCUT2D eigenvalue weighted by molar-refractivity contribution is 0.199. The fourth-order valence-electron chi connectivity index (χ4n) is 1.90. The molecule has 0 aromatic carbocycles. The minimum Gasteiger partial charge on any atom is -0.389 e. The Morgan fingerprint density at radius 3 is 2.76 bits per heavy atom. The molecule has 0 saturated carbocycles. The zero-order valence-electron chi connectivity index (χ0n) is 11.1. The van der Waals surface area contributed by atoms with Gasteiger partial charge in [0.2, 0.25) is 0 Å². The number of rotatable bonds is 6. The van der Waals surface area contributed by atoms with Gasteiger partial charge in [0.1, 0.15) is 5.82 Å². The molecule has 1 unspecified atom stereocenters. The first kappa shape index (κ1) is 14.3. The predicted octanol–water partition coefficient (Wildman–Crippen LogP) is 2.71. The van der Waals surface area contributed by atoms with Gasteiger partial charge in [-0.1, -0.05) is 13.0 Å². The SMILES string of the molecule is CCC(CSC)N(C)c1ncccc1[C@@H](C)O. The number of pyridine rings is 1. The summed E-state index contributed by atoms with van der Waals surface area (Å²) in [7, 11) is 2.05. The number of hydrogen-bond donors (Lipinski definition) is 1. The molecule has 0 aliphatic heterocycles. The molecule has 1 rings (SSSR count). The molecule has 0 bridgehead atoms. The molecule has 0 fully saturated rings. The molecule has 0 amide bonds. The molecule has 1 heterocycles. The molecule has 1 aromatic heterocycles. The predicted molar refractivity (Wildman–Crippen MR) is 75.7 cm³/mol. The maximum atomic E-state index is 9.77. The zero-order chi connectivity index (χ0) is 12.8. The van der Waals surface area contributed by atoms with Crippen LogP contribution < -0.4 is 4.90 Å². The Morgan fingerprint density at radius 1 is 1.53 bits per heavy atom. The topological polar surface area (TPSA) is 36.4 Å². The molecule has 4 heteroatoms. The second kappa shape index (κ2) is 6.87. The quantitative estimate of drug-likeness (QED) is 0.847. The highest BCUT2D eigenvalue weighted by Gasteiger charge is 2.18. The molecule has 0 spiro atoms. The van der Waals surface area contributed by atoms with Crippen molar-refractivity contribution in [2.45, 2.75) is 32.4 Å². The van der Waals surface area contributed by atoms with Gasteiger partial charge in [-0.3, -0.25) is 0 Å². The van der Waals surface area contributed by atoms with Gasteiger partial charge in [-0.15, -0.1) is 0 Å². The largest absolute Gasteiger partial charge is 0.389 e. The van der Waals surface area contributed by atoms with E-state index in [1.54, 1.807) is 13.1 Å². The summed E-state index contributed by atoms with van der Waals surface area (Å²) in [6, 6.07) is 4.27. The maximum absolute atomic E-state index is 9.77. The number of hydrogen-bond acceptors (Lipinski definition) is 4. The van der Waals surface area contributed by atoms with Gasteiger partial charge in [-0.25, -0.2) is 4.98 Å². The lowest BCUT2D eigenvalue weighted by Crippen LogP contribution is -2.34. The molecule has 0 aliphatic rings. The van der Waals surface area contributed by atoms with Crippen LogP contribution in [0.4, 0.5) is 5.82 Å². The molecule has 1 N–H and O–H groups in total. The van der Waals surface area contributed by atoms with E-state index in [4.69, 9.17) is 0 Å². The van der Waals surface area contributed by atoms with Crippen LogP contribution in [0.15, 0.2) is 18.3 Å². The van der Waals surface area contributed by atoms with Crippen molar-refractivity contribution in [3.63, 3.8) is 0 Å². The normalized spacial score (nSPS) is 14.4. The van der Waals surface area contributed by atoms with Gasteiger partial charge >= 0.3 is 0 Å². The first-order chi connectivity index (χ1) is 8.11. The molecular weight excluding hydrogens is 232 g/mol. The Balaban J connectivity index is 2.97. The van der Waals surface area contributed by atoms with Crippen LogP contribution in [-0.2, 0) is 0 Å². The Labute approximate surface area is 108 Å². The summed E-state index contributed by atoms with van der Waals surface area (Å²) in [5.41, 5.74) is 0.898. The van der Waals surface area contributed by atoms with E-state index >= 15 is 0 Å². The summed E-state index contributed by atoms with van der Waals surface area (Å²) >= 11 is 1.84. The zero-order valence-corrected chi connectivity index (χ0v) is 11.9. The summed E-state index contributed by atoms with van der Waals surface area (Å²) in [6.07, 6.45) is 4.49. The van der Waals surface area contributed by atoms with Gasteiger partial charge in [-0.05, 0) is 25.7 Å². The van der Waals surface area contributed by atoms with Gasteiger partial charge in [0.25, 0.3) is 0 Å². The van der Waals surface area contributed by atoms with Crippen molar-refractivity contribution in [1.29, 1.82) is 0 Å². The smallest absolute Gasteiger partial charge is 0.134 e. The van der Waals surface area contributed by atoms with Crippen molar-refractivity contribution in [3.05, 3.63) is 23.9 Å². The van der Waals surface area contributed by atoms with Crippen molar-refractivity contribution in [2.75, 3.05) is 24.0 Å². The number of aliphatic hydroxyl groups excluding tert-OH is 1. The second-order valence-corrected chi connectivity index (χ2v) is 5.13. The van der Waals surface area contributed by atoms with Gasteiger partial charge in [0, 0.05) is 30.6 Å². The first-order valence-electron chi connectivity index (χ1n) is 5.96. The third-order valence-electron chi connectivity index (χ3n) is 2.98. The molecular formula is C13H22N2OS. The van der Waals surface area contributed by atoms with E-state index in [0.717, 1.165) is 23.6 Å². The van der Waals surface area contributed by atoms with Crippen LogP contribution in [0.25, 0.3) is 0 Å². The van der Waals surface area contributed by atoms with Crippen LogP contribution in [0.1, 0.15) is 31.9 Å². The average Bonchev–Trinajstić information content (AvgIpc) is 2.35. The fraction of sp³-hybridized carbons (Fsp3) is 0.615. The summed E-state index contributed by atoms with van der Waals surface area (Å²) < 4.78 is 0. The van der Waals surface area contributed by atoms with Gasteiger partial charge in [0.05, 0.1) is 6.10 Å². The van der Waals surface area contributed by atoms with Gasteiger partial charge in [0.15, 0.2) is 0 Å². The number of aromatic nitrogens is 1. The lowest BCUT2D eigenvalue weighted by atomic mass is 10.1. The molecule has 0 saturated heterocycles. The summed E-state index contributed by atoms with van der Waals surface area (Å²) in [5.74, 6) is 1.96. The minimum absolute atomic E-state index is 0.456.